The minimum atomic E-state index is 0.219. The van der Waals surface area contributed by atoms with Crippen molar-refractivity contribution in [1.82, 2.24) is 4.90 Å². The monoisotopic (exact) mass is 377 g/mol. The topological polar surface area (TPSA) is 41.9 Å². The van der Waals surface area contributed by atoms with E-state index in [-0.39, 0.29) is 18.8 Å². The predicted molar refractivity (Wildman–Crippen MR) is 111 cm³/mol. The van der Waals surface area contributed by atoms with Crippen LogP contribution in [0, 0.1) is 0 Å². The number of likely N-dealkylation sites (tertiary alicyclic amines) is 1. The highest BCUT2D eigenvalue weighted by Gasteiger charge is 2.37. The van der Waals surface area contributed by atoms with E-state index in [1.165, 1.54) is 5.56 Å². The van der Waals surface area contributed by atoms with Crippen LogP contribution in [0.1, 0.15) is 64.4 Å². The fourth-order valence-electron chi connectivity index (χ4n) is 3.93. The molecule has 1 aromatic rings. The zero-order valence-corrected chi connectivity index (χ0v) is 17.3. The Balaban J connectivity index is 2.11. The molecule has 0 saturated carbocycles. The van der Waals surface area contributed by atoms with Gasteiger partial charge >= 0.3 is 0 Å². The van der Waals surface area contributed by atoms with Gasteiger partial charge in [-0.2, -0.15) is 0 Å². The summed E-state index contributed by atoms with van der Waals surface area (Å²) >= 11 is 0. The van der Waals surface area contributed by atoms with Crippen molar-refractivity contribution >= 4 is 0 Å². The summed E-state index contributed by atoms with van der Waals surface area (Å²) in [6.07, 6.45) is 7.70. The van der Waals surface area contributed by atoms with Crippen LogP contribution in [0.15, 0.2) is 30.3 Å². The molecule has 0 radical (unpaired) electrons. The van der Waals surface area contributed by atoms with E-state index in [9.17, 15) is 5.11 Å². The van der Waals surface area contributed by atoms with Gasteiger partial charge in [0.2, 0.25) is 0 Å². The third-order valence-electron chi connectivity index (χ3n) is 5.54. The number of piperidine rings is 1. The molecule has 0 spiro atoms. The first-order valence-corrected chi connectivity index (χ1v) is 10.9. The lowest BCUT2D eigenvalue weighted by Gasteiger charge is -2.46. The molecule has 154 valence electrons. The average Bonchev–Trinajstić information content (AvgIpc) is 2.69. The molecular formula is C23H39NO3. The van der Waals surface area contributed by atoms with Gasteiger partial charge in [0.05, 0.1) is 18.8 Å². The maximum atomic E-state index is 9.58. The van der Waals surface area contributed by atoms with E-state index in [2.05, 4.69) is 49.1 Å². The molecule has 0 amide bonds. The zero-order valence-electron chi connectivity index (χ0n) is 17.3. The van der Waals surface area contributed by atoms with Crippen molar-refractivity contribution in [1.29, 1.82) is 0 Å². The molecule has 1 fully saturated rings. The second-order valence-corrected chi connectivity index (χ2v) is 7.66. The molecule has 1 N–H and O–H groups in total. The maximum absolute atomic E-state index is 9.58. The normalized spacial score (nSPS) is 23.6. The second-order valence-electron chi connectivity index (χ2n) is 7.66. The van der Waals surface area contributed by atoms with Gasteiger partial charge in [-0.15, -0.1) is 0 Å². The molecule has 0 aromatic heterocycles. The number of aliphatic hydroxyl groups excluding tert-OH is 1. The van der Waals surface area contributed by atoms with Crippen molar-refractivity contribution in [2.24, 2.45) is 0 Å². The van der Waals surface area contributed by atoms with Crippen LogP contribution in [0.25, 0.3) is 0 Å². The SMILES string of the molecule is CCCCOCC1C(OCCCC)CCC(CCO)N1Cc1ccccc1. The van der Waals surface area contributed by atoms with Crippen LogP contribution in [0.3, 0.4) is 0 Å². The predicted octanol–water partition coefficient (Wildman–Crippen LogP) is 4.40. The molecular weight excluding hydrogens is 338 g/mol. The van der Waals surface area contributed by atoms with Gasteiger partial charge in [0, 0.05) is 32.4 Å². The van der Waals surface area contributed by atoms with Gasteiger partial charge in [0.1, 0.15) is 0 Å². The molecule has 4 heteroatoms. The first kappa shape index (κ1) is 22.4. The van der Waals surface area contributed by atoms with E-state index in [1.54, 1.807) is 0 Å². The Kier molecular flexibility index (Phi) is 11.0. The van der Waals surface area contributed by atoms with Gasteiger partial charge in [0.15, 0.2) is 0 Å². The van der Waals surface area contributed by atoms with Crippen LogP contribution in [-0.2, 0) is 16.0 Å². The molecule has 0 aliphatic carbocycles. The van der Waals surface area contributed by atoms with Crippen LogP contribution < -0.4 is 0 Å². The Morgan fingerprint density at radius 3 is 2.48 bits per heavy atom. The fraction of sp³-hybridized carbons (Fsp3) is 0.739. The minimum absolute atomic E-state index is 0.219. The Labute approximate surface area is 165 Å². The Morgan fingerprint density at radius 1 is 1.04 bits per heavy atom. The molecule has 3 unspecified atom stereocenters. The third-order valence-corrected chi connectivity index (χ3v) is 5.54. The number of hydrogen-bond acceptors (Lipinski definition) is 4. The Morgan fingerprint density at radius 2 is 1.78 bits per heavy atom. The number of ether oxygens (including phenoxy) is 2. The number of benzene rings is 1. The standard InChI is InChI=1S/C23H39NO3/c1-3-5-16-26-19-22-23(27-17-6-4-2)13-12-21(14-15-25)24(22)18-20-10-8-7-9-11-20/h7-11,21-23,25H,3-6,12-19H2,1-2H3. The largest absolute Gasteiger partial charge is 0.396 e. The number of aliphatic hydroxyl groups is 1. The molecule has 0 bridgehead atoms. The van der Waals surface area contributed by atoms with Crippen molar-refractivity contribution < 1.29 is 14.6 Å². The highest BCUT2D eigenvalue weighted by Crippen LogP contribution is 2.29. The summed E-state index contributed by atoms with van der Waals surface area (Å²) in [5, 5.41) is 9.58. The number of hydrogen-bond donors (Lipinski definition) is 1. The second kappa shape index (κ2) is 13.3. The zero-order chi connectivity index (χ0) is 19.3. The lowest BCUT2D eigenvalue weighted by atomic mass is 9.90. The third kappa shape index (κ3) is 7.53. The summed E-state index contributed by atoms with van der Waals surface area (Å²) in [7, 11) is 0. The molecule has 1 saturated heterocycles. The van der Waals surface area contributed by atoms with Gasteiger partial charge in [-0.05, 0) is 37.7 Å². The van der Waals surface area contributed by atoms with Gasteiger partial charge in [-0.1, -0.05) is 57.0 Å². The smallest absolute Gasteiger partial charge is 0.0753 e. The van der Waals surface area contributed by atoms with Crippen LogP contribution in [-0.4, -0.2) is 54.6 Å². The van der Waals surface area contributed by atoms with Gasteiger partial charge < -0.3 is 14.6 Å². The van der Waals surface area contributed by atoms with E-state index in [0.717, 1.165) is 64.7 Å². The van der Waals surface area contributed by atoms with Crippen LogP contribution in [0.4, 0.5) is 0 Å². The van der Waals surface area contributed by atoms with Crippen molar-refractivity contribution in [3.8, 4) is 0 Å². The van der Waals surface area contributed by atoms with E-state index in [1.807, 2.05) is 0 Å². The highest BCUT2D eigenvalue weighted by atomic mass is 16.5. The highest BCUT2D eigenvalue weighted by molar-refractivity contribution is 5.15. The average molecular weight is 378 g/mol. The first-order chi connectivity index (χ1) is 13.3. The van der Waals surface area contributed by atoms with Gasteiger partial charge in [0.25, 0.3) is 0 Å². The lowest BCUT2D eigenvalue weighted by molar-refractivity contribution is -0.0971. The molecule has 1 aliphatic rings. The fourth-order valence-corrected chi connectivity index (χ4v) is 3.93. The van der Waals surface area contributed by atoms with E-state index >= 15 is 0 Å². The summed E-state index contributed by atoms with van der Waals surface area (Å²) in [4.78, 5) is 2.54. The Hall–Kier alpha value is -0.940. The minimum Gasteiger partial charge on any atom is -0.396 e. The molecule has 27 heavy (non-hydrogen) atoms. The molecule has 1 aromatic carbocycles. The molecule has 2 rings (SSSR count). The van der Waals surface area contributed by atoms with Crippen LogP contribution >= 0.6 is 0 Å². The van der Waals surface area contributed by atoms with Crippen molar-refractivity contribution in [2.45, 2.75) is 83.5 Å². The summed E-state index contributed by atoms with van der Waals surface area (Å²) in [5.74, 6) is 0. The van der Waals surface area contributed by atoms with E-state index < -0.39 is 0 Å². The van der Waals surface area contributed by atoms with Crippen molar-refractivity contribution in [3.05, 3.63) is 35.9 Å². The summed E-state index contributed by atoms with van der Waals surface area (Å²) < 4.78 is 12.4. The number of rotatable bonds is 13. The molecule has 3 atom stereocenters. The van der Waals surface area contributed by atoms with E-state index in [4.69, 9.17) is 9.47 Å². The molecule has 1 heterocycles. The summed E-state index contributed by atoms with van der Waals surface area (Å²) in [6.45, 7) is 7.89. The van der Waals surface area contributed by atoms with Crippen molar-refractivity contribution in [2.75, 3.05) is 26.4 Å². The molecule has 1 aliphatic heterocycles. The van der Waals surface area contributed by atoms with Gasteiger partial charge in [-0.25, -0.2) is 0 Å². The molecule has 4 nitrogen and oxygen atoms in total. The number of unbranched alkanes of at least 4 members (excludes halogenated alkanes) is 2. The van der Waals surface area contributed by atoms with Crippen molar-refractivity contribution in [3.63, 3.8) is 0 Å². The lowest BCUT2D eigenvalue weighted by Crippen LogP contribution is -2.56. The summed E-state index contributed by atoms with van der Waals surface area (Å²) in [5.41, 5.74) is 1.31. The number of nitrogens with zero attached hydrogens (tertiary/aromatic N) is 1. The summed E-state index contributed by atoms with van der Waals surface area (Å²) in [6, 6.07) is 11.3. The van der Waals surface area contributed by atoms with E-state index in [0.29, 0.717) is 12.6 Å². The quantitative estimate of drug-likeness (QED) is 0.517. The van der Waals surface area contributed by atoms with Gasteiger partial charge in [-0.3, -0.25) is 4.90 Å². The van der Waals surface area contributed by atoms with Crippen LogP contribution in [0.5, 0.6) is 0 Å². The maximum Gasteiger partial charge on any atom is 0.0753 e. The van der Waals surface area contributed by atoms with Crippen LogP contribution in [0.2, 0.25) is 0 Å². The Bertz CT molecular complexity index is 482. The first-order valence-electron chi connectivity index (χ1n) is 10.9.